The summed E-state index contributed by atoms with van der Waals surface area (Å²) < 4.78 is 45.7. The topological polar surface area (TPSA) is 66.9 Å². The molecule has 0 atom stereocenters. The molecule has 1 heterocycles. The third-order valence-corrected chi connectivity index (χ3v) is 7.03. The van der Waals surface area contributed by atoms with Gasteiger partial charge in [-0.2, -0.15) is 4.31 Å². The lowest BCUT2D eigenvalue weighted by Gasteiger charge is -2.35. The van der Waals surface area contributed by atoms with E-state index in [1.165, 1.54) is 34.6 Å². The molecule has 2 aromatic carbocycles. The van der Waals surface area contributed by atoms with Crippen LogP contribution in [0.2, 0.25) is 5.02 Å². The first-order valence-electron chi connectivity index (χ1n) is 9.30. The first-order chi connectivity index (χ1) is 13.8. The number of anilines is 1. The predicted octanol–water partition coefficient (Wildman–Crippen LogP) is 3.56. The van der Waals surface area contributed by atoms with E-state index in [9.17, 15) is 17.6 Å². The van der Waals surface area contributed by atoms with Gasteiger partial charge >= 0.3 is 5.97 Å². The molecular weight excluding hydrogens is 419 g/mol. The summed E-state index contributed by atoms with van der Waals surface area (Å²) in [7, 11) is -3.87. The summed E-state index contributed by atoms with van der Waals surface area (Å²) in [4.78, 5) is 14.0. The van der Waals surface area contributed by atoms with Crippen molar-refractivity contribution in [1.82, 2.24) is 4.31 Å². The van der Waals surface area contributed by atoms with Gasteiger partial charge in [0.1, 0.15) is 10.7 Å². The molecule has 156 valence electrons. The molecular formula is C20H22ClFN2O4S. The summed E-state index contributed by atoms with van der Waals surface area (Å²) in [5.41, 5.74) is 0.980. The van der Waals surface area contributed by atoms with E-state index in [1.807, 2.05) is 11.8 Å². The number of halogens is 2. The van der Waals surface area contributed by atoms with E-state index in [0.717, 1.165) is 5.69 Å². The minimum atomic E-state index is -3.87. The van der Waals surface area contributed by atoms with Gasteiger partial charge in [-0.05, 0) is 48.9 Å². The van der Waals surface area contributed by atoms with Crippen molar-refractivity contribution in [2.75, 3.05) is 37.7 Å². The maximum atomic E-state index is 13.1. The molecule has 0 saturated carbocycles. The number of benzene rings is 2. The van der Waals surface area contributed by atoms with Crippen LogP contribution in [0.25, 0.3) is 0 Å². The van der Waals surface area contributed by atoms with E-state index >= 15 is 0 Å². The Morgan fingerprint density at radius 2 is 1.76 bits per heavy atom. The summed E-state index contributed by atoms with van der Waals surface area (Å²) in [6, 6.07) is 10.2. The molecule has 3 rings (SSSR count). The van der Waals surface area contributed by atoms with Gasteiger partial charge in [0, 0.05) is 31.9 Å². The highest BCUT2D eigenvalue weighted by Crippen LogP contribution is 2.28. The van der Waals surface area contributed by atoms with Gasteiger partial charge < -0.3 is 9.64 Å². The van der Waals surface area contributed by atoms with Crippen molar-refractivity contribution in [3.8, 4) is 0 Å². The normalized spacial score (nSPS) is 15.3. The van der Waals surface area contributed by atoms with Crippen LogP contribution in [-0.2, 0) is 14.8 Å². The zero-order valence-corrected chi connectivity index (χ0v) is 17.5. The van der Waals surface area contributed by atoms with Crippen LogP contribution in [0.15, 0.2) is 47.4 Å². The summed E-state index contributed by atoms with van der Waals surface area (Å²) >= 11 is 6.14. The molecule has 1 fully saturated rings. The Kier molecular flexibility index (Phi) is 6.77. The molecule has 9 heteroatoms. The Balaban J connectivity index is 1.76. The molecule has 0 amide bonds. The molecule has 1 aliphatic heterocycles. The fourth-order valence-electron chi connectivity index (χ4n) is 3.08. The Morgan fingerprint density at radius 3 is 2.38 bits per heavy atom. The van der Waals surface area contributed by atoms with E-state index in [2.05, 4.69) is 0 Å². The van der Waals surface area contributed by atoms with Gasteiger partial charge in [0.2, 0.25) is 10.0 Å². The fraction of sp³-hybridized carbons (Fsp3) is 0.350. The monoisotopic (exact) mass is 440 g/mol. The number of rotatable bonds is 6. The third kappa shape index (κ3) is 4.88. The van der Waals surface area contributed by atoms with Crippen LogP contribution in [0, 0.1) is 5.82 Å². The van der Waals surface area contributed by atoms with Crippen molar-refractivity contribution in [2.24, 2.45) is 0 Å². The number of hydrogen-bond donors (Lipinski definition) is 0. The van der Waals surface area contributed by atoms with Crippen molar-refractivity contribution in [2.45, 2.75) is 18.2 Å². The molecule has 1 aliphatic rings. The van der Waals surface area contributed by atoms with Crippen molar-refractivity contribution in [3.05, 3.63) is 58.9 Å². The number of esters is 1. The number of carbonyl (C=O) groups is 1. The maximum absolute atomic E-state index is 13.1. The lowest BCUT2D eigenvalue weighted by molar-refractivity contribution is 0.0505. The van der Waals surface area contributed by atoms with Gasteiger partial charge in [0.05, 0.1) is 17.2 Å². The second-order valence-corrected chi connectivity index (χ2v) is 8.96. The molecule has 0 spiro atoms. The average molecular weight is 441 g/mol. The van der Waals surface area contributed by atoms with Gasteiger partial charge in [0.15, 0.2) is 0 Å². The molecule has 2 aromatic rings. The van der Waals surface area contributed by atoms with E-state index in [-0.39, 0.29) is 41.0 Å². The molecule has 0 bridgehead atoms. The molecule has 29 heavy (non-hydrogen) atoms. The second kappa shape index (κ2) is 9.11. The summed E-state index contributed by atoms with van der Waals surface area (Å²) in [5, 5.41) is 0.0537. The number of carbonyl (C=O) groups excluding carboxylic acids is 1. The third-order valence-electron chi connectivity index (χ3n) is 4.65. The molecule has 0 aliphatic carbocycles. The minimum Gasteiger partial charge on any atom is -0.462 e. The number of piperazine rings is 1. The maximum Gasteiger partial charge on any atom is 0.338 e. The van der Waals surface area contributed by atoms with Crippen LogP contribution in [0.5, 0.6) is 0 Å². The average Bonchev–Trinajstić information content (AvgIpc) is 2.73. The lowest BCUT2D eigenvalue weighted by Crippen LogP contribution is -2.48. The van der Waals surface area contributed by atoms with Crippen LogP contribution in [0.1, 0.15) is 23.7 Å². The second-order valence-electron chi connectivity index (χ2n) is 6.65. The zero-order chi connectivity index (χ0) is 21.0. The highest BCUT2D eigenvalue weighted by molar-refractivity contribution is 7.89. The van der Waals surface area contributed by atoms with E-state index in [4.69, 9.17) is 16.3 Å². The smallest absolute Gasteiger partial charge is 0.338 e. The first kappa shape index (κ1) is 21.5. The van der Waals surface area contributed by atoms with E-state index < -0.39 is 16.0 Å². The Hall–Kier alpha value is -2.16. The van der Waals surface area contributed by atoms with Crippen LogP contribution >= 0.6 is 11.6 Å². The van der Waals surface area contributed by atoms with Crippen molar-refractivity contribution in [3.63, 3.8) is 0 Å². The summed E-state index contributed by atoms with van der Waals surface area (Å²) in [6.45, 7) is 3.55. The fourth-order valence-corrected chi connectivity index (χ4v) is 5.01. The van der Waals surface area contributed by atoms with Gasteiger partial charge in [-0.15, -0.1) is 0 Å². The lowest BCUT2D eigenvalue weighted by atomic mass is 10.2. The van der Waals surface area contributed by atoms with Crippen molar-refractivity contribution < 1.29 is 22.3 Å². The molecule has 1 saturated heterocycles. The molecule has 0 unspecified atom stereocenters. The molecule has 0 N–H and O–H groups in total. The standard InChI is InChI=1S/C20H22ClFN2O4S/c1-2-13-28-20(25)15-3-8-18(21)19(14-15)29(26,27)24-11-9-23(10-12-24)17-6-4-16(22)5-7-17/h3-8,14H,2,9-13H2,1H3. The van der Waals surface area contributed by atoms with E-state index in [1.54, 1.807) is 12.1 Å². The Labute approximate surface area is 174 Å². The Bertz CT molecular complexity index is 974. The largest absolute Gasteiger partial charge is 0.462 e. The van der Waals surface area contributed by atoms with Crippen molar-refractivity contribution in [1.29, 1.82) is 0 Å². The van der Waals surface area contributed by atoms with Gasteiger partial charge in [-0.3, -0.25) is 0 Å². The number of sulfonamides is 1. The van der Waals surface area contributed by atoms with Crippen LogP contribution in [0.4, 0.5) is 10.1 Å². The molecule has 0 aromatic heterocycles. The van der Waals surface area contributed by atoms with Crippen LogP contribution < -0.4 is 4.90 Å². The van der Waals surface area contributed by atoms with Crippen molar-refractivity contribution >= 4 is 33.3 Å². The van der Waals surface area contributed by atoms with E-state index in [0.29, 0.717) is 19.5 Å². The quantitative estimate of drug-likeness (QED) is 0.642. The predicted molar refractivity (Wildman–Crippen MR) is 109 cm³/mol. The first-order valence-corrected chi connectivity index (χ1v) is 11.1. The highest BCUT2D eigenvalue weighted by atomic mass is 35.5. The number of ether oxygens (including phenoxy) is 1. The number of hydrogen-bond acceptors (Lipinski definition) is 5. The van der Waals surface area contributed by atoms with Gasteiger partial charge in [0.25, 0.3) is 0 Å². The summed E-state index contributed by atoms with van der Waals surface area (Å²) in [5.74, 6) is -0.900. The SMILES string of the molecule is CCCOC(=O)c1ccc(Cl)c(S(=O)(=O)N2CCN(c3ccc(F)cc3)CC2)c1. The number of nitrogens with zero attached hydrogens (tertiary/aromatic N) is 2. The van der Waals surface area contributed by atoms with Crippen LogP contribution in [0.3, 0.4) is 0 Å². The molecule has 0 radical (unpaired) electrons. The van der Waals surface area contributed by atoms with Crippen LogP contribution in [-0.4, -0.2) is 51.5 Å². The van der Waals surface area contributed by atoms with Gasteiger partial charge in [-0.25, -0.2) is 17.6 Å². The van der Waals surface area contributed by atoms with Gasteiger partial charge in [-0.1, -0.05) is 18.5 Å². The highest BCUT2D eigenvalue weighted by Gasteiger charge is 2.31. The molecule has 6 nitrogen and oxygen atoms in total. The zero-order valence-electron chi connectivity index (χ0n) is 16.0. The summed E-state index contributed by atoms with van der Waals surface area (Å²) in [6.07, 6.45) is 0.669. The minimum absolute atomic E-state index is 0.0537. The Morgan fingerprint density at radius 1 is 1.10 bits per heavy atom.